The van der Waals surface area contributed by atoms with Gasteiger partial charge in [0, 0.05) is 0 Å². The Balaban J connectivity index is 0.00000110. The molecule has 0 radical (unpaired) electrons. The van der Waals surface area contributed by atoms with E-state index in [1.165, 1.54) is 12.2 Å². The monoisotopic (exact) mass is 278 g/mol. The molecule has 0 unspecified atom stereocenters. The van der Waals surface area contributed by atoms with Crippen molar-refractivity contribution in [3.8, 4) is 5.75 Å². The Morgan fingerprint density at radius 2 is 1.90 bits per heavy atom. The minimum absolute atomic E-state index is 0.325. The van der Waals surface area contributed by atoms with Crippen LogP contribution in [-0.4, -0.2) is 31.7 Å². The van der Waals surface area contributed by atoms with Crippen LogP contribution in [-0.2, 0) is 14.3 Å². The summed E-state index contributed by atoms with van der Waals surface area (Å²) < 4.78 is 15.2. The molecule has 0 N–H and O–H groups in total. The quantitative estimate of drug-likeness (QED) is 0.332. The standard InChI is InChI=1S/C13H16O4.C2H2O/c1-3-15-9-10-17-12-7-5-11(6-8-12)13(14)16-4-2;1-2-3/h3,5-8H,1,4,9-10H2,2H3;1H2. The average molecular weight is 278 g/mol. The van der Waals surface area contributed by atoms with Crippen molar-refractivity contribution in [2.75, 3.05) is 19.8 Å². The van der Waals surface area contributed by atoms with Gasteiger partial charge in [0.1, 0.15) is 24.9 Å². The van der Waals surface area contributed by atoms with Crippen LogP contribution in [0.1, 0.15) is 17.3 Å². The lowest BCUT2D eigenvalue weighted by Gasteiger charge is -2.06. The predicted octanol–water partition coefficient (Wildman–Crippen LogP) is 2.41. The average Bonchev–Trinajstić information content (AvgIpc) is 2.45. The van der Waals surface area contributed by atoms with Crippen molar-refractivity contribution in [3.05, 3.63) is 49.2 Å². The topological polar surface area (TPSA) is 61.8 Å². The molecule has 0 aromatic heterocycles. The lowest BCUT2D eigenvalue weighted by Crippen LogP contribution is -2.06. The van der Waals surface area contributed by atoms with Crippen LogP contribution in [0.4, 0.5) is 0 Å². The molecule has 0 bridgehead atoms. The van der Waals surface area contributed by atoms with Crippen LogP contribution in [0.5, 0.6) is 5.75 Å². The van der Waals surface area contributed by atoms with E-state index in [4.69, 9.17) is 19.0 Å². The maximum Gasteiger partial charge on any atom is 0.338 e. The summed E-state index contributed by atoms with van der Waals surface area (Å²) in [5.74, 6) is 1.61. The minimum atomic E-state index is -0.325. The number of esters is 1. The SMILES string of the molecule is C=C=O.C=COCCOc1ccc(C(=O)OCC)cc1. The van der Waals surface area contributed by atoms with E-state index in [-0.39, 0.29) is 5.97 Å². The van der Waals surface area contributed by atoms with Crippen LogP contribution in [0.15, 0.2) is 43.7 Å². The molecule has 0 saturated heterocycles. The van der Waals surface area contributed by atoms with Gasteiger partial charge in [0.25, 0.3) is 0 Å². The van der Waals surface area contributed by atoms with Crippen molar-refractivity contribution in [1.82, 2.24) is 0 Å². The molecule has 0 atom stereocenters. The molecule has 1 aromatic rings. The molecule has 108 valence electrons. The Labute approximate surface area is 118 Å². The highest BCUT2D eigenvalue weighted by Crippen LogP contribution is 2.12. The van der Waals surface area contributed by atoms with Crippen LogP contribution < -0.4 is 4.74 Å². The van der Waals surface area contributed by atoms with Gasteiger partial charge in [-0.15, -0.1) is 0 Å². The van der Waals surface area contributed by atoms with Crippen molar-refractivity contribution >= 4 is 11.9 Å². The van der Waals surface area contributed by atoms with Crippen LogP contribution in [0.2, 0.25) is 0 Å². The van der Waals surface area contributed by atoms with Crippen molar-refractivity contribution in [2.45, 2.75) is 6.92 Å². The Bertz CT molecular complexity index is 430. The summed E-state index contributed by atoms with van der Waals surface area (Å²) in [7, 11) is 0. The van der Waals surface area contributed by atoms with E-state index in [2.05, 4.69) is 13.2 Å². The Morgan fingerprint density at radius 1 is 1.30 bits per heavy atom. The van der Waals surface area contributed by atoms with Gasteiger partial charge in [-0.2, -0.15) is 0 Å². The fraction of sp³-hybridized carbons (Fsp3) is 0.267. The van der Waals surface area contributed by atoms with Crippen molar-refractivity contribution in [3.63, 3.8) is 0 Å². The van der Waals surface area contributed by atoms with Crippen LogP contribution in [0, 0.1) is 0 Å². The highest BCUT2D eigenvalue weighted by atomic mass is 16.5. The molecule has 0 spiro atoms. The summed E-state index contributed by atoms with van der Waals surface area (Å²) >= 11 is 0. The first-order valence-electron chi connectivity index (χ1n) is 5.96. The second-order valence-electron chi connectivity index (χ2n) is 3.28. The zero-order valence-electron chi connectivity index (χ0n) is 11.5. The van der Waals surface area contributed by atoms with E-state index >= 15 is 0 Å². The van der Waals surface area contributed by atoms with E-state index in [0.717, 1.165) is 0 Å². The molecule has 0 saturated carbocycles. The molecule has 1 rings (SSSR count). The molecule has 0 aliphatic rings. The Kier molecular flexibility index (Phi) is 10.1. The summed E-state index contributed by atoms with van der Waals surface area (Å²) in [5.41, 5.74) is 0.515. The number of hydrogen-bond donors (Lipinski definition) is 0. The van der Waals surface area contributed by atoms with Gasteiger partial charge in [-0.25, -0.2) is 9.59 Å². The Hall–Kier alpha value is -2.52. The third kappa shape index (κ3) is 7.74. The fourth-order valence-electron chi connectivity index (χ4n) is 1.19. The van der Waals surface area contributed by atoms with E-state index in [1.807, 2.05) is 0 Å². The Morgan fingerprint density at radius 3 is 2.40 bits per heavy atom. The fourth-order valence-corrected chi connectivity index (χ4v) is 1.19. The number of carbonyl (C=O) groups excluding carboxylic acids is 2. The second-order valence-corrected chi connectivity index (χ2v) is 3.28. The number of carbonyl (C=O) groups is 1. The third-order valence-electron chi connectivity index (χ3n) is 1.95. The highest BCUT2D eigenvalue weighted by molar-refractivity contribution is 5.89. The van der Waals surface area contributed by atoms with Gasteiger partial charge in [0.05, 0.1) is 18.4 Å². The molecule has 5 nitrogen and oxygen atoms in total. The van der Waals surface area contributed by atoms with E-state index < -0.39 is 0 Å². The predicted molar refractivity (Wildman–Crippen MR) is 75.4 cm³/mol. The molecule has 5 heteroatoms. The zero-order valence-corrected chi connectivity index (χ0v) is 11.5. The van der Waals surface area contributed by atoms with E-state index in [0.29, 0.717) is 31.1 Å². The largest absolute Gasteiger partial charge is 0.498 e. The first kappa shape index (κ1) is 17.5. The summed E-state index contributed by atoms with van der Waals surface area (Å²) in [5, 5.41) is 0. The molecule has 0 aliphatic heterocycles. The first-order chi connectivity index (χ1) is 9.69. The summed E-state index contributed by atoms with van der Waals surface area (Å²) in [6, 6.07) is 6.78. The summed E-state index contributed by atoms with van der Waals surface area (Å²) in [6.45, 7) is 9.13. The van der Waals surface area contributed by atoms with Crippen LogP contribution in [0.25, 0.3) is 0 Å². The van der Waals surface area contributed by atoms with Crippen LogP contribution in [0.3, 0.4) is 0 Å². The lowest BCUT2D eigenvalue weighted by atomic mass is 10.2. The number of hydrogen-bond acceptors (Lipinski definition) is 5. The van der Waals surface area contributed by atoms with Gasteiger partial charge in [0.15, 0.2) is 0 Å². The third-order valence-corrected chi connectivity index (χ3v) is 1.95. The molecule has 0 fully saturated rings. The molecular formula is C15H18O5. The number of rotatable bonds is 7. The van der Waals surface area contributed by atoms with E-state index in [1.54, 1.807) is 31.2 Å². The highest BCUT2D eigenvalue weighted by Gasteiger charge is 2.05. The van der Waals surface area contributed by atoms with Crippen molar-refractivity contribution in [2.24, 2.45) is 0 Å². The maximum absolute atomic E-state index is 11.4. The first-order valence-corrected chi connectivity index (χ1v) is 5.96. The van der Waals surface area contributed by atoms with Gasteiger partial charge in [-0.3, -0.25) is 0 Å². The minimum Gasteiger partial charge on any atom is -0.498 e. The maximum atomic E-state index is 11.4. The number of ether oxygens (including phenoxy) is 3. The van der Waals surface area contributed by atoms with Gasteiger partial charge >= 0.3 is 5.97 Å². The van der Waals surface area contributed by atoms with E-state index in [9.17, 15) is 4.79 Å². The van der Waals surface area contributed by atoms with Gasteiger partial charge in [-0.1, -0.05) is 6.58 Å². The molecule has 0 aliphatic carbocycles. The molecule has 0 amide bonds. The molecule has 20 heavy (non-hydrogen) atoms. The molecule has 0 heterocycles. The van der Waals surface area contributed by atoms with Gasteiger partial charge in [0.2, 0.25) is 0 Å². The second kappa shape index (κ2) is 11.6. The molecule has 1 aromatic carbocycles. The molecular weight excluding hydrogens is 260 g/mol. The smallest absolute Gasteiger partial charge is 0.338 e. The van der Waals surface area contributed by atoms with Gasteiger partial charge in [-0.05, 0) is 37.8 Å². The number of benzene rings is 1. The normalized spacial score (nSPS) is 8.45. The summed E-state index contributed by atoms with van der Waals surface area (Å²) in [4.78, 5) is 19.9. The lowest BCUT2D eigenvalue weighted by molar-refractivity contribution is 0.0526. The summed E-state index contributed by atoms with van der Waals surface area (Å²) in [6.07, 6.45) is 1.37. The van der Waals surface area contributed by atoms with Crippen LogP contribution >= 0.6 is 0 Å². The van der Waals surface area contributed by atoms with Crippen molar-refractivity contribution in [1.29, 1.82) is 0 Å². The zero-order chi connectivity index (χ0) is 15.2. The van der Waals surface area contributed by atoms with Crippen molar-refractivity contribution < 1.29 is 23.8 Å². The van der Waals surface area contributed by atoms with Gasteiger partial charge < -0.3 is 14.2 Å².